The number of nitrogens with one attached hydrogen (secondary N) is 2. The lowest BCUT2D eigenvalue weighted by Gasteiger charge is -2.07. The minimum atomic E-state index is -0.275. The van der Waals surface area contributed by atoms with E-state index in [4.69, 9.17) is 0 Å². The standard InChI is InChI=1S/C33H46N2O3S2/c1-2-3-4-5-6-7-8-9-10-11-12-13-14-15-16-17-18-19-20-25-32(37)34-26-28-39-40-29-27-35-33(38)30-23-21-22-24-31(30)36/h3-4,6-7,9-10,12-13,15-16,18-19,21-24,36H,2,5,8,11,14,17,20,25-29H2,1H3,(H,34,37)(H,35,38). The lowest BCUT2D eigenvalue weighted by atomic mass is 10.2. The normalized spacial score (nSPS) is 12.2. The Hall–Kier alpha value is -2.90. The molecular weight excluding hydrogens is 537 g/mol. The van der Waals surface area contributed by atoms with Crippen molar-refractivity contribution in [3.8, 4) is 5.75 Å². The third-order valence-corrected chi connectivity index (χ3v) is 7.75. The van der Waals surface area contributed by atoms with Crippen molar-refractivity contribution in [2.75, 3.05) is 24.6 Å². The third-order valence-electron chi connectivity index (χ3n) is 5.35. The molecule has 0 fully saturated rings. The van der Waals surface area contributed by atoms with Crippen LogP contribution in [0.4, 0.5) is 0 Å². The number of aromatic hydroxyl groups is 1. The monoisotopic (exact) mass is 582 g/mol. The Balaban J connectivity index is 1.92. The Labute approximate surface area is 249 Å². The summed E-state index contributed by atoms with van der Waals surface area (Å²) in [6.07, 6.45) is 33.2. The number of carbonyl (C=O) groups excluding carboxylic acids is 2. The molecule has 5 nitrogen and oxygen atoms in total. The highest BCUT2D eigenvalue weighted by atomic mass is 33.1. The van der Waals surface area contributed by atoms with Crippen LogP contribution in [0.1, 0.15) is 68.6 Å². The maximum Gasteiger partial charge on any atom is 0.255 e. The molecule has 1 rings (SSSR count). The molecular formula is C33H46N2O3S2. The van der Waals surface area contributed by atoms with Crippen LogP contribution in [0.2, 0.25) is 0 Å². The van der Waals surface area contributed by atoms with E-state index in [1.165, 1.54) is 6.07 Å². The lowest BCUT2D eigenvalue weighted by Crippen LogP contribution is -2.26. The summed E-state index contributed by atoms with van der Waals surface area (Å²) in [5, 5.41) is 15.4. The van der Waals surface area contributed by atoms with Crippen LogP contribution in [-0.4, -0.2) is 41.5 Å². The molecule has 0 heterocycles. The van der Waals surface area contributed by atoms with Crippen LogP contribution < -0.4 is 10.6 Å². The van der Waals surface area contributed by atoms with Crippen LogP contribution in [0.15, 0.2) is 97.2 Å². The molecule has 40 heavy (non-hydrogen) atoms. The minimum absolute atomic E-state index is 0.0152. The molecule has 0 bridgehead atoms. The van der Waals surface area contributed by atoms with Crippen LogP contribution in [0.25, 0.3) is 0 Å². The number of benzene rings is 1. The number of rotatable bonds is 22. The SMILES string of the molecule is CCC=CCC=CCC=CCC=CCC=CCC=CCCC(=O)NCCSSCCNC(=O)c1ccccc1O. The number of hydrogen-bond donors (Lipinski definition) is 3. The second-order valence-electron chi connectivity index (χ2n) is 8.72. The third kappa shape index (κ3) is 21.0. The number of phenols is 1. The predicted molar refractivity (Wildman–Crippen MR) is 176 cm³/mol. The van der Waals surface area contributed by atoms with Crippen molar-refractivity contribution in [1.82, 2.24) is 10.6 Å². The van der Waals surface area contributed by atoms with E-state index in [0.29, 0.717) is 19.5 Å². The highest BCUT2D eigenvalue weighted by Gasteiger charge is 2.08. The molecule has 0 aliphatic rings. The maximum atomic E-state index is 12.0. The molecule has 0 unspecified atom stereocenters. The summed E-state index contributed by atoms with van der Waals surface area (Å²) in [7, 11) is 3.31. The molecule has 0 aliphatic carbocycles. The van der Waals surface area contributed by atoms with Crippen molar-refractivity contribution >= 4 is 33.4 Å². The number of carbonyl (C=O) groups is 2. The van der Waals surface area contributed by atoms with Gasteiger partial charge in [-0.3, -0.25) is 9.59 Å². The van der Waals surface area contributed by atoms with Crippen molar-refractivity contribution in [1.29, 1.82) is 0 Å². The molecule has 0 saturated heterocycles. The molecule has 1 aromatic rings. The summed E-state index contributed by atoms with van der Waals surface area (Å²) in [6, 6.07) is 6.50. The zero-order valence-electron chi connectivity index (χ0n) is 23.8. The van der Waals surface area contributed by atoms with E-state index in [1.54, 1.807) is 39.8 Å². The molecule has 218 valence electrons. The molecule has 0 radical (unpaired) electrons. The van der Waals surface area contributed by atoms with Crippen molar-refractivity contribution in [3.63, 3.8) is 0 Å². The zero-order chi connectivity index (χ0) is 28.9. The van der Waals surface area contributed by atoms with Gasteiger partial charge in [0.2, 0.25) is 5.91 Å². The molecule has 1 aromatic carbocycles. The first-order valence-corrected chi connectivity index (χ1v) is 16.6. The number of para-hydroxylation sites is 1. The van der Waals surface area contributed by atoms with E-state index in [9.17, 15) is 14.7 Å². The molecule has 0 aliphatic heterocycles. The summed E-state index contributed by atoms with van der Waals surface area (Å²) in [4.78, 5) is 23.9. The summed E-state index contributed by atoms with van der Waals surface area (Å²) < 4.78 is 0. The van der Waals surface area contributed by atoms with Crippen LogP contribution in [-0.2, 0) is 4.79 Å². The van der Waals surface area contributed by atoms with Gasteiger partial charge in [-0.05, 0) is 57.1 Å². The van der Waals surface area contributed by atoms with Crippen LogP contribution in [0.3, 0.4) is 0 Å². The van der Waals surface area contributed by atoms with E-state index in [2.05, 4.69) is 90.5 Å². The first-order chi connectivity index (χ1) is 19.6. The Kier molecular flexibility index (Phi) is 23.1. The van der Waals surface area contributed by atoms with Crippen molar-refractivity contribution in [2.45, 2.75) is 58.3 Å². The summed E-state index contributed by atoms with van der Waals surface area (Å²) >= 11 is 0. The number of amides is 2. The van der Waals surface area contributed by atoms with Gasteiger partial charge in [-0.25, -0.2) is 0 Å². The van der Waals surface area contributed by atoms with E-state index in [1.807, 2.05) is 0 Å². The van der Waals surface area contributed by atoms with Crippen molar-refractivity contribution in [2.24, 2.45) is 0 Å². The highest BCUT2D eigenvalue weighted by molar-refractivity contribution is 8.76. The van der Waals surface area contributed by atoms with Gasteiger partial charge in [-0.1, -0.05) is 114 Å². The summed E-state index contributed by atoms with van der Waals surface area (Å²) in [6.45, 7) is 3.30. The number of allylic oxidation sites excluding steroid dienone is 12. The van der Waals surface area contributed by atoms with Gasteiger partial charge in [0.05, 0.1) is 5.56 Å². The zero-order valence-corrected chi connectivity index (χ0v) is 25.4. The van der Waals surface area contributed by atoms with Crippen LogP contribution >= 0.6 is 21.6 Å². The van der Waals surface area contributed by atoms with Gasteiger partial charge in [-0.2, -0.15) is 0 Å². The Morgan fingerprint density at radius 3 is 1.70 bits per heavy atom. The van der Waals surface area contributed by atoms with Gasteiger partial charge in [0, 0.05) is 31.0 Å². The van der Waals surface area contributed by atoms with Gasteiger partial charge in [0.15, 0.2) is 0 Å². The predicted octanol–water partition coefficient (Wildman–Crippen LogP) is 8.10. The van der Waals surface area contributed by atoms with E-state index < -0.39 is 0 Å². The lowest BCUT2D eigenvalue weighted by molar-refractivity contribution is -0.120. The molecule has 0 atom stereocenters. The van der Waals surface area contributed by atoms with E-state index in [-0.39, 0.29) is 23.1 Å². The molecule has 0 saturated carbocycles. The second kappa shape index (κ2) is 26.3. The quantitative estimate of drug-likeness (QED) is 0.0731. The molecule has 0 aromatic heterocycles. The maximum absolute atomic E-state index is 12.0. The van der Waals surface area contributed by atoms with Gasteiger partial charge in [0.25, 0.3) is 5.91 Å². The van der Waals surface area contributed by atoms with E-state index >= 15 is 0 Å². The Morgan fingerprint density at radius 1 is 0.700 bits per heavy atom. The smallest absolute Gasteiger partial charge is 0.255 e. The second-order valence-corrected chi connectivity index (χ2v) is 11.4. The Bertz CT molecular complexity index is 997. The molecule has 0 spiro atoms. The first-order valence-electron chi connectivity index (χ1n) is 14.1. The van der Waals surface area contributed by atoms with Gasteiger partial charge in [0.1, 0.15) is 5.75 Å². The van der Waals surface area contributed by atoms with Crippen molar-refractivity contribution in [3.05, 3.63) is 103 Å². The number of hydrogen-bond acceptors (Lipinski definition) is 5. The van der Waals surface area contributed by atoms with Crippen molar-refractivity contribution < 1.29 is 14.7 Å². The topological polar surface area (TPSA) is 78.4 Å². The van der Waals surface area contributed by atoms with Gasteiger partial charge < -0.3 is 15.7 Å². The van der Waals surface area contributed by atoms with Gasteiger partial charge in [-0.15, -0.1) is 0 Å². The summed E-state index contributed by atoms with van der Waals surface area (Å²) in [5.74, 6) is 1.34. The first kappa shape index (κ1) is 35.1. The number of phenolic OH excluding ortho intramolecular Hbond substituents is 1. The van der Waals surface area contributed by atoms with Crippen LogP contribution in [0, 0.1) is 0 Å². The van der Waals surface area contributed by atoms with Gasteiger partial charge >= 0.3 is 0 Å². The molecule has 2 amide bonds. The molecule has 7 heteroatoms. The fourth-order valence-electron chi connectivity index (χ4n) is 3.26. The largest absolute Gasteiger partial charge is 0.507 e. The molecule has 3 N–H and O–H groups in total. The average Bonchev–Trinajstić information content (AvgIpc) is 2.95. The summed E-state index contributed by atoms with van der Waals surface area (Å²) in [5.41, 5.74) is 0.284. The Morgan fingerprint density at radius 2 is 1.18 bits per heavy atom. The van der Waals surface area contributed by atoms with E-state index in [0.717, 1.165) is 56.5 Å². The fourth-order valence-corrected chi connectivity index (χ4v) is 5.07. The van der Waals surface area contributed by atoms with Crippen LogP contribution in [0.5, 0.6) is 5.75 Å². The average molecular weight is 583 g/mol. The highest BCUT2D eigenvalue weighted by Crippen LogP contribution is 2.20. The fraction of sp³-hybridized carbons (Fsp3) is 0.394. The minimum Gasteiger partial charge on any atom is -0.507 e.